The first-order valence-corrected chi connectivity index (χ1v) is 13.9. The molecule has 7 nitrogen and oxygen atoms in total. The molecule has 2 fully saturated rings. The highest BCUT2D eigenvalue weighted by atomic mass is 16.3. The molecular weight excluding hydrogens is 464 g/mol. The molecule has 2 N–H and O–H groups in total. The fourth-order valence-electron chi connectivity index (χ4n) is 6.85. The van der Waals surface area contributed by atoms with Gasteiger partial charge in [0.25, 0.3) is 5.91 Å². The lowest BCUT2D eigenvalue weighted by Gasteiger charge is -2.50. The second kappa shape index (κ2) is 10.1. The molecule has 3 aliphatic heterocycles. The van der Waals surface area contributed by atoms with Crippen molar-refractivity contribution in [1.29, 1.82) is 0 Å². The number of aliphatic hydroxyl groups is 1. The molecule has 1 spiro atoms. The Labute approximate surface area is 219 Å². The van der Waals surface area contributed by atoms with Crippen LogP contribution in [0.5, 0.6) is 0 Å². The number of benzene rings is 2. The van der Waals surface area contributed by atoms with Crippen LogP contribution in [0.1, 0.15) is 59.2 Å². The van der Waals surface area contributed by atoms with Crippen LogP contribution in [-0.2, 0) is 23.2 Å². The molecule has 196 valence electrons. The molecule has 7 heteroatoms. The Balaban J connectivity index is 1.14. The van der Waals surface area contributed by atoms with Crippen molar-refractivity contribution >= 4 is 18.0 Å². The highest BCUT2D eigenvalue weighted by Crippen LogP contribution is 2.48. The summed E-state index contributed by atoms with van der Waals surface area (Å²) in [6.45, 7) is 4.99. The van der Waals surface area contributed by atoms with Crippen LogP contribution in [0.2, 0.25) is 0 Å². The summed E-state index contributed by atoms with van der Waals surface area (Å²) in [5, 5.41) is 14.7. The minimum Gasteiger partial charge on any atom is -0.390 e. The molecule has 0 radical (unpaired) electrons. The van der Waals surface area contributed by atoms with Crippen LogP contribution in [0.25, 0.3) is 0 Å². The summed E-state index contributed by atoms with van der Waals surface area (Å²) in [7, 11) is 0. The minimum atomic E-state index is -0.572. The van der Waals surface area contributed by atoms with Gasteiger partial charge in [-0.25, -0.2) is 0 Å². The lowest BCUT2D eigenvalue weighted by atomic mass is 9.61. The number of likely N-dealkylation sites (tertiary alicyclic amines) is 1. The number of fused-ring (bicyclic) bond motifs is 3. The second-order valence-electron chi connectivity index (χ2n) is 11.5. The Morgan fingerprint density at radius 1 is 1.05 bits per heavy atom. The van der Waals surface area contributed by atoms with Crippen molar-refractivity contribution in [3.8, 4) is 0 Å². The summed E-state index contributed by atoms with van der Waals surface area (Å²) in [5.74, 6) is 0.0370. The number of carbonyl (C=O) groups is 2. The Bertz CT molecular complexity index is 1160. The lowest BCUT2D eigenvalue weighted by Crippen LogP contribution is -2.55. The zero-order valence-electron chi connectivity index (χ0n) is 21.6. The Hall–Kier alpha value is -2.90. The highest BCUT2D eigenvalue weighted by molar-refractivity contribution is 5.98. The molecule has 3 heterocycles. The van der Waals surface area contributed by atoms with Crippen molar-refractivity contribution in [1.82, 2.24) is 14.7 Å². The standard InChI is InChI=1S/C30H38N4O3/c35-21-32-14-9-24(10-15-32)31-25-6-7-28-27(16-25)29(37)34(20-30(28)11-3-12-30)19-26(36)18-33-13-8-22-4-1-2-5-23(22)17-33/h1-2,4-7,16,21,24,26,31,36H,3,8-15,17-20H2. The minimum absolute atomic E-state index is 0.0286. The van der Waals surface area contributed by atoms with Gasteiger partial charge in [-0.3, -0.25) is 14.5 Å². The topological polar surface area (TPSA) is 76.1 Å². The van der Waals surface area contributed by atoms with E-state index in [1.54, 1.807) is 0 Å². The molecule has 2 amide bonds. The van der Waals surface area contributed by atoms with Gasteiger partial charge in [-0.05, 0) is 60.9 Å². The van der Waals surface area contributed by atoms with E-state index in [9.17, 15) is 14.7 Å². The maximum absolute atomic E-state index is 13.7. The van der Waals surface area contributed by atoms with E-state index >= 15 is 0 Å². The summed E-state index contributed by atoms with van der Waals surface area (Å²) in [6.07, 6.45) is 6.56. The van der Waals surface area contributed by atoms with E-state index in [1.807, 2.05) is 15.9 Å². The fourth-order valence-corrected chi connectivity index (χ4v) is 6.85. The first-order chi connectivity index (χ1) is 18.0. The number of anilines is 1. The zero-order chi connectivity index (χ0) is 25.4. The molecule has 1 aliphatic carbocycles. The third-order valence-electron chi connectivity index (χ3n) is 9.07. The summed E-state index contributed by atoms with van der Waals surface area (Å²) in [4.78, 5) is 30.8. The van der Waals surface area contributed by atoms with E-state index < -0.39 is 6.10 Å². The summed E-state index contributed by atoms with van der Waals surface area (Å²) in [5.41, 5.74) is 5.72. The number of piperidine rings is 1. The molecule has 1 saturated heterocycles. The first-order valence-electron chi connectivity index (χ1n) is 13.9. The number of carbonyl (C=O) groups excluding carboxylic acids is 2. The average Bonchev–Trinajstić information content (AvgIpc) is 2.90. The van der Waals surface area contributed by atoms with Crippen LogP contribution in [0.3, 0.4) is 0 Å². The number of amides is 2. The maximum atomic E-state index is 13.7. The molecule has 6 rings (SSSR count). The van der Waals surface area contributed by atoms with Crippen molar-refractivity contribution in [3.05, 3.63) is 64.7 Å². The van der Waals surface area contributed by atoms with Crippen LogP contribution >= 0.6 is 0 Å². The SMILES string of the molecule is O=CN1CCC(Nc2ccc3c(c2)C(=O)N(CC(O)CN2CCc4ccccc4C2)CC32CCC2)CC1. The maximum Gasteiger partial charge on any atom is 0.254 e. The van der Waals surface area contributed by atoms with Crippen LogP contribution in [-0.4, -0.2) is 83.5 Å². The Kier molecular flexibility index (Phi) is 6.67. The predicted octanol–water partition coefficient (Wildman–Crippen LogP) is 3.02. The van der Waals surface area contributed by atoms with Crippen molar-refractivity contribution in [2.45, 2.75) is 62.6 Å². The van der Waals surface area contributed by atoms with Crippen LogP contribution in [0.15, 0.2) is 42.5 Å². The van der Waals surface area contributed by atoms with Gasteiger partial charge in [-0.1, -0.05) is 36.8 Å². The Morgan fingerprint density at radius 2 is 1.84 bits per heavy atom. The summed E-state index contributed by atoms with van der Waals surface area (Å²) in [6, 6.07) is 15.2. The predicted molar refractivity (Wildman–Crippen MR) is 144 cm³/mol. The number of β-amino-alcohol motifs (C(OH)–C–C–N with tert-alkyl or cyclic N) is 1. The van der Waals surface area contributed by atoms with Crippen molar-refractivity contribution in [2.75, 3.05) is 44.6 Å². The van der Waals surface area contributed by atoms with Gasteiger partial charge in [0.15, 0.2) is 0 Å². The zero-order valence-corrected chi connectivity index (χ0v) is 21.6. The number of hydrogen-bond donors (Lipinski definition) is 2. The molecular formula is C30H38N4O3. The molecule has 1 saturated carbocycles. The van der Waals surface area contributed by atoms with Gasteiger partial charge in [-0.2, -0.15) is 0 Å². The molecule has 2 aromatic carbocycles. The van der Waals surface area contributed by atoms with E-state index in [1.165, 1.54) is 23.1 Å². The monoisotopic (exact) mass is 502 g/mol. The smallest absolute Gasteiger partial charge is 0.254 e. The lowest BCUT2D eigenvalue weighted by molar-refractivity contribution is -0.118. The third-order valence-corrected chi connectivity index (χ3v) is 9.07. The number of hydrogen-bond acceptors (Lipinski definition) is 5. The first kappa shape index (κ1) is 24.4. The quantitative estimate of drug-likeness (QED) is 0.570. The number of rotatable bonds is 7. The molecule has 0 aromatic heterocycles. The van der Waals surface area contributed by atoms with E-state index in [0.717, 1.165) is 75.9 Å². The van der Waals surface area contributed by atoms with E-state index in [4.69, 9.17) is 0 Å². The summed E-state index contributed by atoms with van der Waals surface area (Å²) >= 11 is 0. The van der Waals surface area contributed by atoms with Gasteiger partial charge in [0.05, 0.1) is 6.10 Å². The number of aliphatic hydroxyl groups excluding tert-OH is 1. The van der Waals surface area contributed by atoms with Crippen LogP contribution in [0.4, 0.5) is 5.69 Å². The largest absolute Gasteiger partial charge is 0.390 e. The van der Waals surface area contributed by atoms with Crippen LogP contribution in [0, 0.1) is 0 Å². The second-order valence-corrected chi connectivity index (χ2v) is 11.5. The average molecular weight is 503 g/mol. The number of nitrogens with zero attached hydrogens (tertiary/aromatic N) is 3. The van der Waals surface area contributed by atoms with Crippen molar-refractivity contribution in [3.63, 3.8) is 0 Å². The number of nitrogens with one attached hydrogen (secondary N) is 1. The van der Waals surface area contributed by atoms with E-state index in [2.05, 4.69) is 46.6 Å². The third kappa shape index (κ3) is 4.87. The van der Waals surface area contributed by atoms with E-state index in [0.29, 0.717) is 25.7 Å². The van der Waals surface area contributed by atoms with Crippen molar-refractivity contribution in [2.24, 2.45) is 0 Å². The van der Waals surface area contributed by atoms with Gasteiger partial charge in [0, 0.05) is 68.5 Å². The fraction of sp³-hybridized carbons (Fsp3) is 0.533. The van der Waals surface area contributed by atoms with Gasteiger partial charge in [0.2, 0.25) is 6.41 Å². The molecule has 1 unspecified atom stereocenters. The van der Waals surface area contributed by atoms with Crippen LogP contribution < -0.4 is 5.32 Å². The van der Waals surface area contributed by atoms with Crippen molar-refractivity contribution < 1.29 is 14.7 Å². The Morgan fingerprint density at radius 3 is 2.57 bits per heavy atom. The van der Waals surface area contributed by atoms with Gasteiger partial charge >= 0.3 is 0 Å². The van der Waals surface area contributed by atoms with Gasteiger partial charge in [0.1, 0.15) is 0 Å². The summed E-state index contributed by atoms with van der Waals surface area (Å²) < 4.78 is 0. The molecule has 2 aromatic rings. The molecule has 0 bridgehead atoms. The van der Waals surface area contributed by atoms with Gasteiger partial charge in [-0.15, -0.1) is 0 Å². The molecule has 1 atom stereocenters. The molecule has 4 aliphatic rings. The van der Waals surface area contributed by atoms with Gasteiger partial charge < -0.3 is 20.2 Å². The molecule has 37 heavy (non-hydrogen) atoms. The highest BCUT2D eigenvalue weighted by Gasteiger charge is 2.47. The van der Waals surface area contributed by atoms with E-state index in [-0.39, 0.29) is 11.3 Å². The normalized spacial score (nSPS) is 22.2.